The van der Waals surface area contributed by atoms with Crippen molar-refractivity contribution >= 4 is 17.4 Å². The van der Waals surface area contributed by atoms with Crippen LogP contribution >= 0.6 is 0 Å². The molecule has 0 unspecified atom stereocenters. The molecule has 144 valence electrons. The summed E-state index contributed by atoms with van der Waals surface area (Å²) in [5, 5.41) is 0. The number of aromatic amines is 1. The van der Waals surface area contributed by atoms with Gasteiger partial charge in [0.2, 0.25) is 0 Å². The van der Waals surface area contributed by atoms with Gasteiger partial charge in [0, 0.05) is 50.7 Å². The summed E-state index contributed by atoms with van der Waals surface area (Å²) in [7, 11) is 0. The van der Waals surface area contributed by atoms with Crippen LogP contribution in [0.2, 0.25) is 0 Å². The third kappa shape index (κ3) is 4.05. The smallest absolute Gasteiger partial charge is 0.183 e. The SMILES string of the molecule is C(#Cc1nc2ccccc2[nH]1)CN1CCC2=C(CN(Cc3ccncc3)C=N2)C1. The number of imidazole rings is 1. The number of hydrogen-bond acceptors (Lipinski definition) is 5. The van der Waals surface area contributed by atoms with Crippen LogP contribution in [0.5, 0.6) is 0 Å². The van der Waals surface area contributed by atoms with Crippen molar-refractivity contribution in [2.45, 2.75) is 13.0 Å². The molecule has 2 aromatic heterocycles. The second-order valence-electron chi connectivity index (χ2n) is 7.42. The molecule has 0 radical (unpaired) electrons. The number of aliphatic imine (C=N–C) groups is 1. The van der Waals surface area contributed by atoms with Crippen LogP contribution in [0.1, 0.15) is 17.8 Å². The summed E-state index contributed by atoms with van der Waals surface area (Å²) in [4.78, 5) is 21.2. The van der Waals surface area contributed by atoms with Gasteiger partial charge < -0.3 is 9.88 Å². The van der Waals surface area contributed by atoms with Crippen LogP contribution < -0.4 is 0 Å². The third-order valence-corrected chi connectivity index (χ3v) is 5.29. The van der Waals surface area contributed by atoms with Gasteiger partial charge in [0.1, 0.15) is 0 Å². The van der Waals surface area contributed by atoms with Gasteiger partial charge in [-0.15, -0.1) is 0 Å². The maximum atomic E-state index is 4.70. The Morgan fingerprint density at radius 1 is 1.07 bits per heavy atom. The Bertz CT molecular complexity index is 1100. The number of nitrogens with zero attached hydrogens (tertiary/aromatic N) is 5. The average molecular weight is 382 g/mol. The number of pyridine rings is 1. The van der Waals surface area contributed by atoms with Gasteiger partial charge in [-0.2, -0.15) is 0 Å². The molecule has 29 heavy (non-hydrogen) atoms. The summed E-state index contributed by atoms with van der Waals surface area (Å²) >= 11 is 0. The van der Waals surface area contributed by atoms with Gasteiger partial charge in [0.05, 0.1) is 23.9 Å². The molecule has 6 nitrogen and oxygen atoms in total. The highest BCUT2D eigenvalue weighted by Crippen LogP contribution is 2.23. The molecule has 4 heterocycles. The number of para-hydroxylation sites is 2. The number of hydrogen-bond donors (Lipinski definition) is 1. The van der Waals surface area contributed by atoms with Crippen molar-refractivity contribution in [2.75, 3.05) is 26.2 Å². The van der Waals surface area contributed by atoms with Crippen molar-refractivity contribution < 1.29 is 0 Å². The molecule has 1 aromatic carbocycles. The lowest BCUT2D eigenvalue weighted by molar-refractivity contribution is 0.300. The fraction of sp³-hybridized carbons (Fsp3) is 0.261. The first kappa shape index (κ1) is 17.7. The molecule has 0 spiro atoms. The Hall–Kier alpha value is -3.43. The molecular formula is C23H22N6. The zero-order chi connectivity index (χ0) is 19.5. The number of rotatable bonds is 3. The Kier molecular flexibility index (Phi) is 4.81. The molecule has 1 N–H and O–H groups in total. The van der Waals surface area contributed by atoms with E-state index in [9.17, 15) is 0 Å². The van der Waals surface area contributed by atoms with Gasteiger partial charge in [-0.1, -0.05) is 18.1 Å². The summed E-state index contributed by atoms with van der Waals surface area (Å²) in [6.07, 6.45) is 6.64. The van der Waals surface area contributed by atoms with Gasteiger partial charge in [0.15, 0.2) is 5.82 Å². The number of H-pyrrole nitrogens is 1. The third-order valence-electron chi connectivity index (χ3n) is 5.29. The fourth-order valence-corrected chi connectivity index (χ4v) is 3.82. The average Bonchev–Trinajstić information content (AvgIpc) is 3.17. The molecule has 6 heteroatoms. The first-order chi connectivity index (χ1) is 14.3. The molecule has 0 bridgehead atoms. The molecule has 0 saturated heterocycles. The quantitative estimate of drug-likeness (QED) is 0.708. The van der Waals surface area contributed by atoms with Crippen molar-refractivity contribution in [3.05, 3.63) is 71.4 Å². The van der Waals surface area contributed by atoms with Gasteiger partial charge in [-0.05, 0) is 41.3 Å². The van der Waals surface area contributed by atoms with E-state index in [0.717, 1.165) is 56.0 Å². The lowest BCUT2D eigenvalue weighted by Gasteiger charge is -2.33. The minimum atomic E-state index is 0.730. The molecular weight excluding hydrogens is 360 g/mol. The normalized spacial score (nSPS) is 16.6. The van der Waals surface area contributed by atoms with E-state index in [-0.39, 0.29) is 0 Å². The molecule has 0 atom stereocenters. The lowest BCUT2D eigenvalue weighted by Crippen LogP contribution is -2.38. The van der Waals surface area contributed by atoms with Crippen LogP contribution in [0.3, 0.4) is 0 Å². The van der Waals surface area contributed by atoms with Gasteiger partial charge in [-0.3, -0.25) is 9.88 Å². The van der Waals surface area contributed by atoms with E-state index in [1.807, 2.05) is 43.0 Å². The Morgan fingerprint density at radius 3 is 2.86 bits per heavy atom. The highest BCUT2D eigenvalue weighted by Gasteiger charge is 2.22. The van der Waals surface area contributed by atoms with Gasteiger partial charge >= 0.3 is 0 Å². The highest BCUT2D eigenvalue weighted by atomic mass is 15.2. The van der Waals surface area contributed by atoms with Crippen molar-refractivity contribution in [1.82, 2.24) is 24.8 Å². The monoisotopic (exact) mass is 382 g/mol. The first-order valence-electron chi connectivity index (χ1n) is 9.87. The topological polar surface area (TPSA) is 60.4 Å². The summed E-state index contributed by atoms with van der Waals surface area (Å²) in [6.45, 7) is 4.44. The summed E-state index contributed by atoms with van der Waals surface area (Å²) in [5.74, 6) is 7.18. The van der Waals surface area contributed by atoms with Crippen LogP contribution in [0, 0.1) is 11.8 Å². The Morgan fingerprint density at radius 2 is 1.97 bits per heavy atom. The predicted octanol–water partition coefficient (Wildman–Crippen LogP) is 2.81. The van der Waals surface area contributed by atoms with E-state index in [4.69, 9.17) is 4.99 Å². The predicted molar refractivity (Wildman–Crippen MR) is 114 cm³/mol. The summed E-state index contributed by atoms with van der Waals surface area (Å²) in [5.41, 5.74) is 5.88. The largest absolute Gasteiger partial charge is 0.354 e. The maximum Gasteiger partial charge on any atom is 0.183 e. The van der Waals surface area contributed by atoms with E-state index < -0.39 is 0 Å². The van der Waals surface area contributed by atoms with Crippen molar-refractivity contribution in [1.29, 1.82) is 0 Å². The fourth-order valence-electron chi connectivity index (χ4n) is 3.82. The van der Waals surface area contributed by atoms with Gasteiger partial charge in [0.25, 0.3) is 0 Å². The number of fused-ring (bicyclic) bond motifs is 1. The van der Waals surface area contributed by atoms with E-state index in [2.05, 4.69) is 48.7 Å². The summed E-state index contributed by atoms with van der Waals surface area (Å²) < 4.78 is 0. The second kappa shape index (κ2) is 7.90. The van der Waals surface area contributed by atoms with Crippen LogP contribution in [0.25, 0.3) is 11.0 Å². The number of aromatic nitrogens is 3. The lowest BCUT2D eigenvalue weighted by atomic mass is 10.0. The second-order valence-corrected chi connectivity index (χ2v) is 7.42. The molecule has 0 amide bonds. The van der Waals surface area contributed by atoms with Crippen molar-refractivity contribution in [3.8, 4) is 11.8 Å². The highest BCUT2D eigenvalue weighted by molar-refractivity contribution is 5.75. The first-order valence-corrected chi connectivity index (χ1v) is 9.87. The molecule has 0 fully saturated rings. The van der Waals surface area contributed by atoms with E-state index in [1.165, 1.54) is 16.8 Å². The molecule has 0 aliphatic carbocycles. The zero-order valence-electron chi connectivity index (χ0n) is 16.2. The van der Waals surface area contributed by atoms with Crippen LogP contribution in [-0.2, 0) is 6.54 Å². The molecule has 2 aliphatic rings. The zero-order valence-corrected chi connectivity index (χ0v) is 16.2. The Labute approximate surface area is 170 Å². The molecule has 3 aromatic rings. The molecule has 0 saturated carbocycles. The van der Waals surface area contributed by atoms with Crippen LogP contribution in [0.15, 0.2) is 65.1 Å². The van der Waals surface area contributed by atoms with Crippen LogP contribution in [-0.4, -0.2) is 57.3 Å². The van der Waals surface area contributed by atoms with E-state index in [0.29, 0.717) is 0 Å². The molecule has 5 rings (SSSR count). The minimum Gasteiger partial charge on any atom is -0.354 e. The Balaban J connectivity index is 1.20. The minimum absolute atomic E-state index is 0.730. The van der Waals surface area contributed by atoms with Gasteiger partial charge in [-0.25, -0.2) is 9.98 Å². The maximum absolute atomic E-state index is 4.70. The van der Waals surface area contributed by atoms with Crippen molar-refractivity contribution in [2.24, 2.45) is 4.99 Å². The van der Waals surface area contributed by atoms with Crippen molar-refractivity contribution in [3.63, 3.8) is 0 Å². The number of benzene rings is 1. The van der Waals surface area contributed by atoms with E-state index >= 15 is 0 Å². The standard InChI is InChI=1S/C23H22N6/c1-2-5-22-21(4-1)26-23(27-22)6-3-12-28-13-9-20-19(15-28)16-29(17-25-20)14-18-7-10-24-11-8-18/h1-2,4-5,7-8,10-11,17H,9,12-16H2,(H,26,27). The molecule has 2 aliphatic heterocycles. The van der Waals surface area contributed by atoms with Crippen LogP contribution in [0.4, 0.5) is 0 Å². The van der Waals surface area contributed by atoms with E-state index in [1.54, 1.807) is 0 Å². The summed E-state index contributed by atoms with van der Waals surface area (Å²) in [6, 6.07) is 12.1. The number of nitrogens with one attached hydrogen (secondary N) is 1.